The van der Waals surface area contributed by atoms with Gasteiger partial charge in [0.05, 0.1) is 11.9 Å². The first-order valence-corrected chi connectivity index (χ1v) is 4.70. The zero-order valence-corrected chi connectivity index (χ0v) is 7.81. The Morgan fingerprint density at radius 3 is 3.21 bits per heavy atom. The van der Waals surface area contributed by atoms with Crippen LogP contribution in [0.15, 0.2) is 6.20 Å². The van der Waals surface area contributed by atoms with Crippen LogP contribution < -0.4 is 5.73 Å². The maximum Gasteiger partial charge on any atom is 0.339 e. The molecule has 0 saturated carbocycles. The van der Waals surface area contributed by atoms with Crippen molar-refractivity contribution in [1.82, 2.24) is 9.78 Å². The van der Waals surface area contributed by atoms with Crippen LogP contribution in [0.3, 0.4) is 0 Å². The molecule has 0 radical (unpaired) electrons. The van der Waals surface area contributed by atoms with Gasteiger partial charge in [-0.2, -0.15) is 5.10 Å². The molecule has 1 aromatic rings. The number of hydrogen-bond acceptors (Lipinski definition) is 3. The number of nitrogens with zero attached hydrogens (tertiary/aromatic N) is 2. The molecular weight excluding hydrogens is 182 g/mol. The van der Waals surface area contributed by atoms with Crippen LogP contribution in [0, 0.1) is 5.92 Å². The molecule has 14 heavy (non-hydrogen) atoms. The van der Waals surface area contributed by atoms with E-state index in [0.717, 1.165) is 25.1 Å². The summed E-state index contributed by atoms with van der Waals surface area (Å²) < 4.78 is 1.77. The molecule has 0 spiro atoms. The first-order chi connectivity index (χ1) is 6.72. The second-order valence-corrected chi connectivity index (χ2v) is 3.63. The van der Waals surface area contributed by atoms with Crippen molar-refractivity contribution in [2.24, 2.45) is 11.7 Å². The Balaban J connectivity index is 2.32. The summed E-state index contributed by atoms with van der Waals surface area (Å²) in [6, 6.07) is 0. The van der Waals surface area contributed by atoms with Crippen LogP contribution >= 0.6 is 0 Å². The van der Waals surface area contributed by atoms with E-state index in [-0.39, 0.29) is 0 Å². The topological polar surface area (TPSA) is 81.1 Å². The third-order valence-corrected chi connectivity index (χ3v) is 2.74. The lowest BCUT2D eigenvalue weighted by Crippen LogP contribution is -2.26. The van der Waals surface area contributed by atoms with Crippen LogP contribution in [-0.2, 0) is 13.0 Å². The highest BCUT2D eigenvalue weighted by molar-refractivity contribution is 5.88. The fourth-order valence-corrected chi connectivity index (χ4v) is 1.88. The summed E-state index contributed by atoms with van der Waals surface area (Å²) in [5.74, 6) is -0.499. The monoisotopic (exact) mass is 195 g/mol. The Morgan fingerprint density at radius 2 is 2.57 bits per heavy atom. The molecular formula is C9H13N3O2. The van der Waals surface area contributed by atoms with Gasteiger partial charge in [-0.1, -0.05) is 0 Å². The summed E-state index contributed by atoms with van der Waals surface area (Å²) in [5.41, 5.74) is 6.72. The standard InChI is InChI=1S/C9H13N3O2/c10-4-6-1-2-12-8(3-6)7(5-11-12)9(13)14/h5-6H,1-4,10H2,(H,13,14)/t6-/m1/s1. The van der Waals surface area contributed by atoms with E-state index in [4.69, 9.17) is 10.8 Å². The van der Waals surface area contributed by atoms with Crippen LogP contribution in [0.2, 0.25) is 0 Å². The lowest BCUT2D eigenvalue weighted by atomic mass is 9.95. The summed E-state index contributed by atoms with van der Waals surface area (Å²) >= 11 is 0. The lowest BCUT2D eigenvalue weighted by molar-refractivity contribution is 0.0694. The molecule has 76 valence electrons. The minimum atomic E-state index is -0.899. The van der Waals surface area contributed by atoms with Gasteiger partial charge >= 0.3 is 5.97 Å². The number of nitrogens with two attached hydrogens (primary N) is 1. The highest BCUT2D eigenvalue weighted by Crippen LogP contribution is 2.21. The second kappa shape index (κ2) is 3.42. The van der Waals surface area contributed by atoms with Gasteiger partial charge in [-0.15, -0.1) is 0 Å². The average molecular weight is 195 g/mol. The summed E-state index contributed by atoms with van der Waals surface area (Å²) in [7, 11) is 0. The van der Waals surface area contributed by atoms with Crippen LogP contribution in [-0.4, -0.2) is 27.4 Å². The number of aryl methyl sites for hydroxylation is 1. The van der Waals surface area contributed by atoms with E-state index in [9.17, 15) is 4.79 Å². The summed E-state index contributed by atoms with van der Waals surface area (Å²) in [5, 5.41) is 12.9. The van der Waals surface area contributed by atoms with Crippen molar-refractivity contribution >= 4 is 5.97 Å². The van der Waals surface area contributed by atoms with E-state index < -0.39 is 5.97 Å². The molecule has 1 aromatic heterocycles. The van der Waals surface area contributed by atoms with Crippen LogP contribution in [0.1, 0.15) is 22.5 Å². The Morgan fingerprint density at radius 1 is 1.79 bits per heavy atom. The molecule has 3 N–H and O–H groups in total. The second-order valence-electron chi connectivity index (χ2n) is 3.63. The molecule has 0 fully saturated rings. The average Bonchev–Trinajstić information content (AvgIpc) is 2.59. The summed E-state index contributed by atoms with van der Waals surface area (Å²) in [6.07, 6.45) is 3.15. The SMILES string of the molecule is NC[C@@H]1CCn2ncc(C(=O)O)c2C1. The Bertz CT molecular complexity index is 359. The van der Waals surface area contributed by atoms with Gasteiger partial charge in [-0.25, -0.2) is 4.79 Å². The molecule has 0 amide bonds. The normalized spacial score (nSPS) is 20.5. The molecule has 0 aromatic carbocycles. The van der Waals surface area contributed by atoms with Gasteiger partial charge in [0.15, 0.2) is 0 Å². The van der Waals surface area contributed by atoms with Crippen LogP contribution in [0.25, 0.3) is 0 Å². The molecule has 5 heteroatoms. The highest BCUT2D eigenvalue weighted by Gasteiger charge is 2.23. The van der Waals surface area contributed by atoms with Gasteiger partial charge in [-0.05, 0) is 25.3 Å². The van der Waals surface area contributed by atoms with Crippen molar-refractivity contribution in [2.75, 3.05) is 6.54 Å². The Labute approximate surface area is 81.5 Å². The molecule has 2 heterocycles. The first kappa shape index (κ1) is 9.21. The molecule has 5 nitrogen and oxygen atoms in total. The van der Waals surface area contributed by atoms with Gasteiger partial charge in [0.2, 0.25) is 0 Å². The number of fused-ring (bicyclic) bond motifs is 1. The van der Waals surface area contributed by atoms with E-state index in [1.807, 2.05) is 0 Å². The highest BCUT2D eigenvalue weighted by atomic mass is 16.4. The molecule has 0 aliphatic carbocycles. The molecule has 1 atom stereocenters. The van der Waals surface area contributed by atoms with Gasteiger partial charge in [0, 0.05) is 6.54 Å². The largest absolute Gasteiger partial charge is 0.478 e. The van der Waals surface area contributed by atoms with E-state index >= 15 is 0 Å². The van der Waals surface area contributed by atoms with Crippen molar-refractivity contribution in [3.05, 3.63) is 17.5 Å². The molecule has 1 aliphatic rings. The fraction of sp³-hybridized carbons (Fsp3) is 0.556. The third kappa shape index (κ3) is 1.39. The number of hydrogen-bond donors (Lipinski definition) is 2. The van der Waals surface area contributed by atoms with Crippen molar-refractivity contribution < 1.29 is 9.90 Å². The molecule has 2 rings (SSSR count). The Kier molecular flexibility index (Phi) is 2.25. The minimum absolute atomic E-state index is 0.322. The van der Waals surface area contributed by atoms with Crippen molar-refractivity contribution in [3.8, 4) is 0 Å². The smallest absolute Gasteiger partial charge is 0.339 e. The van der Waals surface area contributed by atoms with Crippen molar-refractivity contribution in [2.45, 2.75) is 19.4 Å². The number of carboxylic acid groups (broad SMARTS) is 1. The first-order valence-electron chi connectivity index (χ1n) is 4.70. The van der Waals surface area contributed by atoms with Gasteiger partial charge < -0.3 is 10.8 Å². The third-order valence-electron chi connectivity index (χ3n) is 2.74. The van der Waals surface area contributed by atoms with E-state index in [0.29, 0.717) is 18.0 Å². The fourth-order valence-electron chi connectivity index (χ4n) is 1.88. The number of carbonyl (C=O) groups is 1. The van der Waals surface area contributed by atoms with E-state index in [1.54, 1.807) is 4.68 Å². The summed E-state index contributed by atoms with van der Waals surface area (Å²) in [6.45, 7) is 1.40. The maximum absolute atomic E-state index is 10.8. The van der Waals surface area contributed by atoms with Gasteiger partial charge in [-0.3, -0.25) is 4.68 Å². The maximum atomic E-state index is 10.8. The minimum Gasteiger partial charge on any atom is -0.478 e. The molecule has 0 bridgehead atoms. The zero-order valence-electron chi connectivity index (χ0n) is 7.81. The van der Waals surface area contributed by atoms with Crippen LogP contribution in [0.5, 0.6) is 0 Å². The summed E-state index contributed by atoms with van der Waals surface area (Å²) in [4.78, 5) is 10.8. The Hall–Kier alpha value is -1.36. The van der Waals surface area contributed by atoms with Crippen molar-refractivity contribution in [3.63, 3.8) is 0 Å². The lowest BCUT2D eigenvalue weighted by Gasteiger charge is -2.22. The predicted octanol–water partition coefficient (Wildman–Crippen LogP) is 0.102. The van der Waals surface area contributed by atoms with Gasteiger partial charge in [0.1, 0.15) is 5.56 Å². The number of aromatic nitrogens is 2. The molecule has 1 aliphatic heterocycles. The predicted molar refractivity (Wildman–Crippen MR) is 50.1 cm³/mol. The zero-order chi connectivity index (χ0) is 10.1. The van der Waals surface area contributed by atoms with E-state index in [2.05, 4.69) is 5.10 Å². The quantitative estimate of drug-likeness (QED) is 0.701. The molecule has 0 unspecified atom stereocenters. The molecule has 0 saturated heterocycles. The number of carboxylic acids is 1. The van der Waals surface area contributed by atoms with E-state index in [1.165, 1.54) is 6.20 Å². The number of aromatic carboxylic acids is 1. The van der Waals surface area contributed by atoms with Crippen LogP contribution in [0.4, 0.5) is 0 Å². The number of rotatable bonds is 2. The van der Waals surface area contributed by atoms with Crippen molar-refractivity contribution in [1.29, 1.82) is 0 Å². The van der Waals surface area contributed by atoms with Gasteiger partial charge in [0.25, 0.3) is 0 Å².